The van der Waals surface area contributed by atoms with Gasteiger partial charge in [-0.2, -0.15) is 0 Å². The fraction of sp³-hybridized carbons (Fsp3) is 0.350. The first kappa shape index (κ1) is 17.1. The molecule has 2 fully saturated rings. The van der Waals surface area contributed by atoms with Crippen molar-refractivity contribution >= 4 is 21.6 Å². The number of hydrogen-bond donors (Lipinski definition) is 0. The van der Waals surface area contributed by atoms with Gasteiger partial charge in [-0.25, -0.2) is 13.2 Å². The highest BCUT2D eigenvalue weighted by Crippen LogP contribution is 2.36. The van der Waals surface area contributed by atoms with Crippen LogP contribution in [0.15, 0.2) is 48.5 Å². The Hall–Kier alpha value is -2.34. The molecule has 2 amide bonds. The second-order valence-corrected chi connectivity index (χ2v) is 9.41. The Kier molecular flexibility index (Phi) is 4.03. The maximum absolute atomic E-state index is 13.2. The summed E-state index contributed by atoms with van der Waals surface area (Å²) in [5, 5.41) is 0. The van der Waals surface area contributed by atoms with Crippen molar-refractivity contribution in [3.8, 4) is 0 Å². The molecule has 2 saturated heterocycles. The highest BCUT2D eigenvalue weighted by molar-refractivity contribution is 7.91. The van der Waals surface area contributed by atoms with Crippen molar-refractivity contribution in [3.05, 3.63) is 65.2 Å². The first-order valence-electron chi connectivity index (χ1n) is 8.77. The summed E-state index contributed by atoms with van der Waals surface area (Å²) in [6.45, 7) is 4.48. The molecule has 0 radical (unpaired) electrons. The molecule has 2 aromatic rings. The van der Waals surface area contributed by atoms with Crippen LogP contribution in [-0.2, 0) is 16.4 Å². The van der Waals surface area contributed by atoms with Crippen molar-refractivity contribution in [1.29, 1.82) is 0 Å². The molecule has 2 heterocycles. The minimum Gasteiger partial charge on any atom is -0.314 e. The Balaban J connectivity index is 1.72. The largest absolute Gasteiger partial charge is 0.325 e. The molecule has 0 saturated carbocycles. The lowest BCUT2D eigenvalue weighted by Crippen LogP contribution is -2.37. The first-order chi connectivity index (χ1) is 12.4. The van der Waals surface area contributed by atoms with E-state index in [0.29, 0.717) is 6.54 Å². The van der Waals surface area contributed by atoms with E-state index in [-0.39, 0.29) is 29.6 Å². The Morgan fingerprint density at radius 2 is 1.69 bits per heavy atom. The number of nitrogens with zero attached hydrogens (tertiary/aromatic N) is 2. The van der Waals surface area contributed by atoms with Gasteiger partial charge in [0.25, 0.3) is 0 Å². The molecule has 2 aliphatic heterocycles. The van der Waals surface area contributed by atoms with Gasteiger partial charge in [0.1, 0.15) is 0 Å². The van der Waals surface area contributed by atoms with E-state index < -0.39 is 9.84 Å². The molecule has 0 spiro atoms. The van der Waals surface area contributed by atoms with Gasteiger partial charge in [0.05, 0.1) is 23.6 Å². The predicted octanol–water partition coefficient (Wildman–Crippen LogP) is 2.91. The van der Waals surface area contributed by atoms with Crippen molar-refractivity contribution in [2.45, 2.75) is 32.5 Å². The Labute approximate surface area is 154 Å². The SMILES string of the molecule is Cc1ccc(C)c(CN2C(=O)N(c3ccccc3)[C@H]3CS(=O)(=O)C[C@@H]32)c1. The number of para-hydroxylation sites is 1. The number of amides is 2. The molecule has 0 bridgehead atoms. The molecule has 2 atom stereocenters. The van der Waals surface area contributed by atoms with Crippen molar-refractivity contribution in [2.24, 2.45) is 0 Å². The smallest absolute Gasteiger partial charge is 0.314 e. The van der Waals surface area contributed by atoms with Crippen LogP contribution in [0, 0.1) is 13.8 Å². The zero-order valence-corrected chi connectivity index (χ0v) is 15.7. The molecule has 0 N–H and O–H groups in total. The van der Waals surface area contributed by atoms with Crippen molar-refractivity contribution in [3.63, 3.8) is 0 Å². The summed E-state index contributed by atoms with van der Waals surface area (Å²) in [6, 6.07) is 14.8. The molecule has 0 unspecified atom stereocenters. The third kappa shape index (κ3) is 2.88. The summed E-state index contributed by atoms with van der Waals surface area (Å²) in [7, 11) is -3.15. The number of aryl methyl sites for hydroxylation is 2. The number of urea groups is 1. The quantitative estimate of drug-likeness (QED) is 0.781. The number of carbonyl (C=O) groups is 1. The van der Waals surface area contributed by atoms with Crippen LogP contribution < -0.4 is 4.90 Å². The van der Waals surface area contributed by atoms with Crippen LogP contribution in [-0.4, -0.2) is 42.9 Å². The molecule has 2 aliphatic rings. The second-order valence-electron chi connectivity index (χ2n) is 7.26. The lowest BCUT2D eigenvalue weighted by atomic mass is 10.0. The highest BCUT2D eigenvalue weighted by Gasteiger charge is 2.53. The van der Waals surface area contributed by atoms with Crippen LogP contribution in [0.25, 0.3) is 0 Å². The molecule has 0 aliphatic carbocycles. The lowest BCUT2D eigenvalue weighted by Gasteiger charge is -2.23. The van der Waals surface area contributed by atoms with Crippen LogP contribution in [0.1, 0.15) is 16.7 Å². The summed E-state index contributed by atoms with van der Waals surface area (Å²) in [6.07, 6.45) is 0. The van der Waals surface area contributed by atoms with Gasteiger partial charge in [-0.15, -0.1) is 0 Å². The second kappa shape index (κ2) is 6.13. The van der Waals surface area contributed by atoms with Gasteiger partial charge in [0, 0.05) is 12.2 Å². The van der Waals surface area contributed by atoms with Crippen molar-refractivity contribution < 1.29 is 13.2 Å². The Morgan fingerprint density at radius 3 is 2.42 bits per heavy atom. The zero-order chi connectivity index (χ0) is 18.5. The third-order valence-electron chi connectivity index (χ3n) is 5.36. The van der Waals surface area contributed by atoms with E-state index in [9.17, 15) is 13.2 Å². The van der Waals surface area contributed by atoms with Gasteiger partial charge in [-0.05, 0) is 37.1 Å². The number of carbonyl (C=O) groups excluding carboxylic acids is 1. The van der Waals surface area contributed by atoms with Crippen molar-refractivity contribution in [2.75, 3.05) is 16.4 Å². The summed E-state index contributed by atoms with van der Waals surface area (Å²) >= 11 is 0. The van der Waals surface area contributed by atoms with Crippen molar-refractivity contribution in [1.82, 2.24) is 4.90 Å². The minimum atomic E-state index is -3.15. The molecule has 26 heavy (non-hydrogen) atoms. The summed E-state index contributed by atoms with van der Waals surface area (Å²) in [4.78, 5) is 16.6. The fourth-order valence-corrected chi connectivity index (χ4v) is 5.96. The van der Waals surface area contributed by atoms with E-state index in [1.807, 2.05) is 56.3 Å². The number of hydrogen-bond acceptors (Lipinski definition) is 3. The number of rotatable bonds is 3. The standard InChI is InChI=1S/C20H22N2O3S/c1-14-8-9-15(2)16(10-14)11-21-18-12-26(24,25)13-19(18)22(20(21)23)17-6-4-3-5-7-17/h3-10,18-19H,11-13H2,1-2H3/t18-,19-/m0/s1. The van der Waals surface area contributed by atoms with Gasteiger partial charge in [-0.1, -0.05) is 42.0 Å². The van der Waals surface area contributed by atoms with Gasteiger partial charge >= 0.3 is 6.03 Å². The number of sulfone groups is 1. The number of benzene rings is 2. The molecular weight excluding hydrogens is 348 g/mol. The Bertz CT molecular complexity index is 956. The summed E-state index contributed by atoms with van der Waals surface area (Å²) < 4.78 is 24.6. The molecular formula is C20H22N2O3S. The Morgan fingerprint density at radius 1 is 1.00 bits per heavy atom. The van der Waals surface area contributed by atoms with E-state index in [1.54, 1.807) is 9.80 Å². The maximum Gasteiger partial charge on any atom is 0.325 e. The average Bonchev–Trinajstić information content (AvgIpc) is 3.02. The average molecular weight is 370 g/mol. The van der Waals surface area contributed by atoms with Crippen LogP contribution in [0.2, 0.25) is 0 Å². The molecule has 4 rings (SSSR count). The lowest BCUT2D eigenvalue weighted by molar-refractivity contribution is 0.205. The molecule has 2 aromatic carbocycles. The van der Waals surface area contributed by atoms with E-state index in [1.165, 1.54) is 0 Å². The fourth-order valence-electron chi connectivity index (χ4n) is 4.01. The third-order valence-corrected chi connectivity index (χ3v) is 7.06. The zero-order valence-electron chi connectivity index (χ0n) is 14.9. The highest BCUT2D eigenvalue weighted by atomic mass is 32.2. The van der Waals surface area contributed by atoms with Gasteiger partial charge in [0.2, 0.25) is 0 Å². The van der Waals surface area contributed by atoms with Gasteiger partial charge < -0.3 is 4.90 Å². The van der Waals surface area contributed by atoms with Crippen LogP contribution in [0.5, 0.6) is 0 Å². The monoisotopic (exact) mass is 370 g/mol. The normalized spacial score (nSPS) is 24.2. The first-order valence-corrected chi connectivity index (χ1v) is 10.6. The molecule has 5 nitrogen and oxygen atoms in total. The summed E-state index contributed by atoms with van der Waals surface area (Å²) in [5.74, 6) is 0.0687. The number of anilines is 1. The minimum absolute atomic E-state index is 0.0294. The van der Waals surface area contributed by atoms with Crippen LogP contribution in [0.3, 0.4) is 0 Å². The van der Waals surface area contributed by atoms with E-state index >= 15 is 0 Å². The van der Waals surface area contributed by atoms with Gasteiger partial charge in [-0.3, -0.25) is 4.90 Å². The van der Waals surface area contributed by atoms with E-state index in [4.69, 9.17) is 0 Å². The molecule has 136 valence electrons. The molecule has 0 aromatic heterocycles. The van der Waals surface area contributed by atoms with Crippen LogP contribution in [0.4, 0.5) is 10.5 Å². The topological polar surface area (TPSA) is 57.7 Å². The predicted molar refractivity (Wildman–Crippen MR) is 102 cm³/mol. The number of fused-ring (bicyclic) bond motifs is 1. The van der Waals surface area contributed by atoms with Crippen LogP contribution >= 0.6 is 0 Å². The van der Waals surface area contributed by atoms with E-state index in [2.05, 4.69) is 6.07 Å². The molecule has 6 heteroatoms. The van der Waals surface area contributed by atoms with E-state index in [0.717, 1.165) is 22.4 Å². The maximum atomic E-state index is 13.2. The summed E-state index contributed by atoms with van der Waals surface area (Å²) in [5.41, 5.74) is 4.07. The van der Waals surface area contributed by atoms with Gasteiger partial charge in [0.15, 0.2) is 9.84 Å².